The topological polar surface area (TPSA) is 82.0 Å². The third-order valence-corrected chi connectivity index (χ3v) is 7.32. The number of hydrogen-bond acceptors (Lipinski definition) is 5. The summed E-state index contributed by atoms with van der Waals surface area (Å²) in [4.78, 5) is -0.179. The van der Waals surface area contributed by atoms with Gasteiger partial charge in [0.1, 0.15) is 10.6 Å². The van der Waals surface area contributed by atoms with Crippen molar-refractivity contribution in [1.82, 2.24) is 0 Å². The number of methoxy groups -OCH3 is 1. The lowest BCUT2D eigenvalue weighted by Gasteiger charge is -2.16. The number of nitrogens with zero attached hydrogens (tertiary/aromatic N) is 1. The molecule has 1 aliphatic heterocycles. The second-order valence-electron chi connectivity index (χ2n) is 4.14. The van der Waals surface area contributed by atoms with Crippen LogP contribution in [0.4, 0.5) is 0 Å². The van der Waals surface area contributed by atoms with Crippen LogP contribution in [0, 0.1) is 0 Å². The number of rotatable bonds is 3. The Morgan fingerprint density at radius 3 is 2.60 bits per heavy atom. The summed E-state index contributed by atoms with van der Waals surface area (Å²) < 4.78 is 50.7. The molecule has 0 saturated carbocycles. The Kier molecular flexibility index (Phi) is 4.58. The van der Waals surface area contributed by atoms with Crippen molar-refractivity contribution < 1.29 is 22.1 Å². The second-order valence-corrected chi connectivity index (χ2v) is 8.92. The first-order valence-electron chi connectivity index (χ1n) is 5.76. The van der Waals surface area contributed by atoms with Gasteiger partial charge in [0.25, 0.3) is 10.0 Å². The van der Waals surface area contributed by atoms with E-state index in [-0.39, 0.29) is 40.4 Å². The Balaban J connectivity index is 2.53. The lowest BCUT2D eigenvalue weighted by atomic mass is 10.3. The summed E-state index contributed by atoms with van der Waals surface area (Å²) in [6.07, 6.45) is 0. The zero-order valence-corrected chi connectivity index (χ0v) is 13.1. The highest BCUT2D eigenvalue weighted by Gasteiger charge is 2.24. The maximum atomic E-state index is 12.4. The molecule has 1 heterocycles. The average molecular weight is 340 g/mol. The smallest absolute Gasteiger partial charge is 0.293 e. The van der Waals surface area contributed by atoms with Crippen LogP contribution in [-0.4, -0.2) is 44.5 Å². The predicted molar refractivity (Wildman–Crippen MR) is 76.3 cm³/mol. The molecular weight excluding hydrogens is 326 g/mol. The van der Waals surface area contributed by atoms with E-state index in [9.17, 15) is 12.6 Å². The summed E-state index contributed by atoms with van der Waals surface area (Å²) in [5, 5.41) is 0.238. The standard InChI is InChI=1S/C11H14ClNO5S2/c1-17-10-3-2-9(12)8-11(10)20(15,16)13-19(14)6-4-18-5-7-19/h2-3,8H,4-7H2,1H3. The van der Waals surface area contributed by atoms with Crippen LogP contribution in [0.25, 0.3) is 0 Å². The molecule has 20 heavy (non-hydrogen) atoms. The van der Waals surface area contributed by atoms with Crippen molar-refractivity contribution in [1.29, 1.82) is 0 Å². The van der Waals surface area contributed by atoms with E-state index in [1.54, 1.807) is 0 Å². The van der Waals surface area contributed by atoms with E-state index in [2.05, 4.69) is 3.77 Å². The zero-order valence-electron chi connectivity index (χ0n) is 10.7. The Morgan fingerprint density at radius 2 is 2.00 bits per heavy atom. The van der Waals surface area contributed by atoms with Gasteiger partial charge in [-0.2, -0.15) is 8.42 Å². The van der Waals surface area contributed by atoms with Crippen molar-refractivity contribution >= 4 is 31.4 Å². The van der Waals surface area contributed by atoms with Crippen LogP contribution in [0.2, 0.25) is 5.02 Å². The lowest BCUT2D eigenvalue weighted by molar-refractivity contribution is 0.158. The number of hydrogen-bond donors (Lipinski definition) is 0. The molecule has 6 nitrogen and oxygen atoms in total. The van der Waals surface area contributed by atoms with Crippen LogP contribution in [0.15, 0.2) is 26.9 Å². The van der Waals surface area contributed by atoms with Crippen molar-refractivity contribution in [3.8, 4) is 5.75 Å². The molecule has 1 aliphatic rings. The minimum absolute atomic E-state index is 0.106. The molecule has 0 atom stereocenters. The van der Waals surface area contributed by atoms with Crippen molar-refractivity contribution in [2.24, 2.45) is 3.77 Å². The van der Waals surface area contributed by atoms with E-state index in [1.807, 2.05) is 0 Å². The Hall–Kier alpha value is -0.830. The van der Waals surface area contributed by atoms with Crippen molar-refractivity contribution in [3.63, 3.8) is 0 Å². The first kappa shape index (κ1) is 15.6. The number of ether oxygens (including phenoxy) is 2. The molecule has 0 bridgehead atoms. The summed E-state index contributed by atoms with van der Waals surface area (Å²) in [7, 11) is -5.58. The van der Waals surface area contributed by atoms with Gasteiger partial charge < -0.3 is 9.47 Å². The number of halogens is 1. The van der Waals surface area contributed by atoms with E-state index in [0.717, 1.165) is 0 Å². The van der Waals surface area contributed by atoms with E-state index >= 15 is 0 Å². The minimum atomic E-state index is -4.10. The van der Waals surface area contributed by atoms with E-state index < -0.39 is 19.8 Å². The zero-order chi connectivity index (χ0) is 14.8. The summed E-state index contributed by atoms with van der Waals surface area (Å²) in [5.74, 6) is 0.331. The largest absolute Gasteiger partial charge is 0.495 e. The second kappa shape index (κ2) is 5.88. The van der Waals surface area contributed by atoms with Crippen molar-refractivity contribution in [2.75, 3.05) is 31.8 Å². The van der Waals surface area contributed by atoms with Gasteiger partial charge >= 0.3 is 0 Å². The molecule has 1 fully saturated rings. The van der Waals surface area contributed by atoms with Gasteiger partial charge in [-0.15, -0.1) is 3.77 Å². The first-order chi connectivity index (χ1) is 9.36. The van der Waals surface area contributed by atoms with Crippen LogP contribution in [0.5, 0.6) is 5.75 Å². The van der Waals surface area contributed by atoms with Gasteiger partial charge in [-0.3, -0.25) is 0 Å². The fraction of sp³-hybridized carbons (Fsp3) is 0.455. The predicted octanol–water partition coefficient (Wildman–Crippen LogP) is 1.54. The minimum Gasteiger partial charge on any atom is -0.495 e. The SMILES string of the molecule is COc1ccc(Cl)cc1S(=O)(=O)N=S1(=O)CCOCC1. The quantitative estimate of drug-likeness (QED) is 0.834. The molecule has 1 aromatic rings. The van der Waals surface area contributed by atoms with Crippen molar-refractivity contribution in [3.05, 3.63) is 23.2 Å². The molecular formula is C11H14ClNO5S2. The normalized spacial score (nSPS) is 18.5. The van der Waals surface area contributed by atoms with Crippen LogP contribution in [0.1, 0.15) is 0 Å². The Bertz CT molecular complexity index is 710. The maximum Gasteiger partial charge on any atom is 0.293 e. The van der Waals surface area contributed by atoms with Crippen LogP contribution in [0.3, 0.4) is 0 Å². The molecule has 0 radical (unpaired) electrons. The van der Waals surface area contributed by atoms with Gasteiger partial charge in [-0.1, -0.05) is 11.6 Å². The highest BCUT2D eigenvalue weighted by molar-refractivity contribution is 8.03. The highest BCUT2D eigenvalue weighted by Crippen LogP contribution is 2.29. The molecule has 0 unspecified atom stereocenters. The molecule has 1 saturated heterocycles. The monoisotopic (exact) mass is 339 g/mol. The van der Waals surface area contributed by atoms with Gasteiger partial charge in [0, 0.05) is 5.02 Å². The highest BCUT2D eigenvalue weighted by atomic mass is 35.5. The van der Waals surface area contributed by atoms with E-state index in [4.69, 9.17) is 21.1 Å². The molecule has 0 N–H and O–H groups in total. The molecule has 0 aromatic heterocycles. The van der Waals surface area contributed by atoms with E-state index in [0.29, 0.717) is 0 Å². The van der Waals surface area contributed by atoms with Gasteiger partial charge in [-0.05, 0) is 18.2 Å². The van der Waals surface area contributed by atoms with Gasteiger partial charge in [0.15, 0.2) is 0 Å². The maximum absolute atomic E-state index is 12.4. The molecule has 1 aromatic carbocycles. The lowest BCUT2D eigenvalue weighted by Crippen LogP contribution is -2.26. The molecule has 0 spiro atoms. The third-order valence-electron chi connectivity index (χ3n) is 2.73. The summed E-state index contributed by atoms with van der Waals surface area (Å²) in [6.45, 7) is 0.481. The average Bonchev–Trinajstić information content (AvgIpc) is 2.38. The number of sulfonamides is 1. The molecule has 9 heteroatoms. The fourth-order valence-corrected chi connectivity index (χ4v) is 5.96. The molecule has 0 amide bonds. The molecule has 0 aliphatic carbocycles. The van der Waals surface area contributed by atoms with Crippen LogP contribution >= 0.6 is 11.6 Å². The molecule has 2 rings (SSSR count). The summed E-state index contributed by atoms with van der Waals surface area (Å²) in [6, 6.07) is 4.18. The first-order valence-corrected chi connectivity index (χ1v) is 9.43. The van der Waals surface area contributed by atoms with E-state index in [1.165, 1.54) is 25.3 Å². The summed E-state index contributed by atoms with van der Waals surface area (Å²) in [5.41, 5.74) is 0. The van der Waals surface area contributed by atoms with Crippen LogP contribution < -0.4 is 4.74 Å². The van der Waals surface area contributed by atoms with Crippen LogP contribution in [-0.2, 0) is 24.5 Å². The fourth-order valence-electron chi connectivity index (χ4n) is 1.73. The number of benzene rings is 1. The third kappa shape index (κ3) is 3.43. The Morgan fingerprint density at radius 1 is 1.35 bits per heavy atom. The summed E-state index contributed by atoms with van der Waals surface area (Å²) >= 11 is 5.80. The Labute approximate surface area is 123 Å². The van der Waals surface area contributed by atoms with Gasteiger partial charge in [0.2, 0.25) is 0 Å². The molecule has 112 valence electrons. The van der Waals surface area contributed by atoms with Gasteiger partial charge in [-0.25, -0.2) is 4.21 Å². The van der Waals surface area contributed by atoms with Gasteiger partial charge in [0.05, 0.1) is 41.6 Å². The van der Waals surface area contributed by atoms with Crippen molar-refractivity contribution in [2.45, 2.75) is 4.90 Å².